The van der Waals surface area contributed by atoms with Crippen molar-refractivity contribution in [3.05, 3.63) is 59.7 Å². The number of hydrogen-bond acceptors (Lipinski definition) is 3. The van der Waals surface area contributed by atoms with E-state index < -0.39 is 0 Å². The predicted molar refractivity (Wildman–Crippen MR) is 76.7 cm³/mol. The molecule has 0 aliphatic carbocycles. The number of anilines is 2. The van der Waals surface area contributed by atoms with Crippen molar-refractivity contribution in [3.63, 3.8) is 0 Å². The number of nitrogens with two attached hydrogens (primary N) is 2. The lowest BCUT2D eigenvalue weighted by Crippen LogP contribution is -1.87. The van der Waals surface area contributed by atoms with Gasteiger partial charge in [-0.15, -0.1) is 0 Å². The molecule has 2 aromatic carbocycles. The second kappa shape index (κ2) is 5.64. The van der Waals surface area contributed by atoms with Gasteiger partial charge < -0.3 is 11.5 Å². The fourth-order valence-electron chi connectivity index (χ4n) is 1.51. The van der Waals surface area contributed by atoms with Gasteiger partial charge in [0, 0.05) is 22.9 Å². The van der Waals surface area contributed by atoms with Gasteiger partial charge in [-0.25, -0.2) is 0 Å². The molecule has 88 valence electrons. The number of rotatable bonds is 4. The first kappa shape index (κ1) is 11.9. The zero-order valence-electron chi connectivity index (χ0n) is 9.60. The van der Waals surface area contributed by atoms with E-state index in [9.17, 15) is 0 Å². The predicted octanol–water partition coefficient (Wildman–Crippen LogP) is 3.28. The SMILES string of the molecule is Nc1ccc(CSCc2ccc(N)cc2)cc1. The van der Waals surface area contributed by atoms with Gasteiger partial charge in [0.05, 0.1) is 0 Å². The fraction of sp³-hybridized carbons (Fsp3) is 0.143. The monoisotopic (exact) mass is 244 g/mol. The average molecular weight is 244 g/mol. The van der Waals surface area contributed by atoms with E-state index >= 15 is 0 Å². The quantitative estimate of drug-likeness (QED) is 0.811. The molecule has 0 radical (unpaired) electrons. The molecule has 2 aromatic rings. The zero-order valence-corrected chi connectivity index (χ0v) is 10.4. The van der Waals surface area contributed by atoms with Crippen molar-refractivity contribution < 1.29 is 0 Å². The summed E-state index contributed by atoms with van der Waals surface area (Å²) in [6.07, 6.45) is 0. The first-order valence-corrected chi connectivity index (χ1v) is 6.66. The maximum Gasteiger partial charge on any atom is 0.0314 e. The molecule has 17 heavy (non-hydrogen) atoms. The topological polar surface area (TPSA) is 52.0 Å². The Morgan fingerprint density at radius 1 is 0.647 bits per heavy atom. The van der Waals surface area contributed by atoms with Crippen molar-refractivity contribution >= 4 is 23.1 Å². The Bertz CT molecular complexity index is 417. The van der Waals surface area contributed by atoms with Gasteiger partial charge in [0.1, 0.15) is 0 Å². The second-order valence-corrected chi connectivity index (χ2v) is 4.96. The van der Waals surface area contributed by atoms with Crippen LogP contribution in [-0.2, 0) is 11.5 Å². The molecule has 0 heterocycles. The molecule has 0 saturated heterocycles. The Balaban J connectivity index is 1.83. The van der Waals surface area contributed by atoms with Crippen molar-refractivity contribution in [3.8, 4) is 0 Å². The Morgan fingerprint density at radius 2 is 1.00 bits per heavy atom. The molecule has 0 spiro atoms. The van der Waals surface area contributed by atoms with Crippen molar-refractivity contribution in [2.75, 3.05) is 11.5 Å². The first-order valence-electron chi connectivity index (χ1n) is 5.50. The van der Waals surface area contributed by atoms with E-state index in [1.54, 1.807) is 0 Å². The Kier molecular flexibility index (Phi) is 3.94. The summed E-state index contributed by atoms with van der Waals surface area (Å²) in [4.78, 5) is 0. The van der Waals surface area contributed by atoms with Gasteiger partial charge >= 0.3 is 0 Å². The fourth-order valence-corrected chi connectivity index (χ4v) is 2.47. The van der Waals surface area contributed by atoms with E-state index in [1.807, 2.05) is 36.0 Å². The Hall–Kier alpha value is -1.61. The summed E-state index contributed by atoms with van der Waals surface area (Å²) >= 11 is 1.89. The summed E-state index contributed by atoms with van der Waals surface area (Å²) in [5.41, 5.74) is 15.5. The zero-order chi connectivity index (χ0) is 12.1. The van der Waals surface area contributed by atoms with Gasteiger partial charge in [0.25, 0.3) is 0 Å². The largest absolute Gasteiger partial charge is 0.399 e. The van der Waals surface area contributed by atoms with Crippen LogP contribution < -0.4 is 11.5 Å². The molecule has 3 heteroatoms. The van der Waals surface area contributed by atoms with Crippen LogP contribution in [0.15, 0.2) is 48.5 Å². The molecule has 0 aliphatic rings. The highest BCUT2D eigenvalue weighted by atomic mass is 32.2. The van der Waals surface area contributed by atoms with Gasteiger partial charge in [-0.3, -0.25) is 0 Å². The molecule has 4 N–H and O–H groups in total. The minimum atomic E-state index is 0.817. The molecule has 0 aliphatic heterocycles. The van der Waals surface area contributed by atoms with Crippen LogP contribution in [0, 0.1) is 0 Å². The summed E-state index contributed by atoms with van der Waals surface area (Å²) in [5.74, 6) is 2.01. The van der Waals surface area contributed by atoms with Crippen LogP contribution in [0.4, 0.5) is 11.4 Å². The molecular formula is C14H16N2S. The number of thioether (sulfide) groups is 1. The van der Waals surface area contributed by atoms with Crippen molar-refractivity contribution in [2.45, 2.75) is 11.5 Å². The van der Waals surface area contributed by atoms with Gasteiger partial charge in [-0.1, -0.05) is 24.3 Å². The summed E-state index contributed by atoms with van der Waals surface area (Å²) in [6.45, 7) is 0. The average Bonchev–Trinajstić information content (AvgIpc) is 2.34. The standard InChI is InChI=1S/C14H16N2S/c15-13-5-1-11(2-6-13)9-17-10-12-3-7-14(16)8-4-12/h1-8H,9-10,15-16H2. The van der Waals surface area contributed by atoms with Gasteiger partial charge in [-0.05, 0) is 35.4 Å². The summed E-state index contributed by atoms with van der Waals surface area (Å²) < 4.78 is 0. The van der Waals surface area contributed by atoms with E-state index in [4.69, 9.17) is 11.5 Å². The first-order chi connectivity index (χ1) is 8.24. The van der Waals surface area contributed by atoms with Gasteiger partial charge in [0.2, 0.25) is 0 Å². The highest BCUT2D eigenvalue weighted by Gasteiger charge is 1.96. The number of benzene rings is 2. The summed E-state index contributed by atoms with van der Waals surface area (Å²) in [6, 6.07) is 16.1. The minimum Gasteiger partial charge on any atom is -0.399 e. The molecule has 0 fully saturated rings. The van der Waals surface area contributed by atoms with Crippen LogP contribution >= 0.6 is 11.8 Å². The normalized spacial score (nSPS) is 10.4. The van der Waals surface area contributed by atoms with E-state index in [0.29, 0.717) is 0 Å². The molecule has 0 atom stereocenters. The molecule has 0 unspecified atom stereocenters. The van der Waals surface area contributed by atoms with Crippen LogP contribution in [0.25, 0.3) is 0 Å². The highest BCUT2D eigenvalue weighted by molar-refractivity contribution is 7.97. The van der Waals surface area contributed by atoms with Crippen LogP contribution in [-0.4, -0.2) is 0 Å². The number of nitrogen functional groups attached to an aromatic ring is 2. The molecule has 2 nitrogen and oxygen atoms in total. The molecule has 2 rings (SSSR count). The van der Waals surface area contributed by atoms with Crippen molar-refractivity contribution in [1.82, 2.24) is 0 Å². The van der Waals surface area contributed by atoms with E-state index in [1.165, 1.54) is 11.1 Å². The second-order valence-electron chi connectivity index (χ2n) is 3.98. The molecule has 0 saturated carbocycles. The lowest BCUT2D eigenvalue weighted by Gasteiger charge is -2.03. The summed E-state index contributed by atoms with van der Waals surface area (Å²) in [5, 5.41) is 0. The van der Waals surface area contributed by atoms with Crippen LogP contribution in [0.3, 0.4) is 0 Å². The van der Waals surface area contributed by atoms with Crippen LogP contribution in [0.5, 0.6) is 0 Å². The molecule has 0 amide bonds. The van der Waals surface area contributed by atoms with Crippen molar-refractivity contribution in [1.29, 1.82) is 0 Å². The van der Waals surface area contributed by atoms with Crippen molar-refractivity contribution in [2.24, 2.45) is 0 Å². The summed E-state index contributed by atoms with van der Waals surface area (Å²) in [7, 11) is 0. The Labute approximate surface area is 106 Å². The molecule has 0 bridgehead atoms. The van der Waals surface area contributed by atoms with Crippen LogP contribution in [0.2, 0.25) is 0 Å². The molecular weight excluding hydrogens is 228 g/mol. The maximum absolute atomic E-state index is 5.64. The van der Waals surface area contributed by atoms with E-state index in [2.05, 4.69) is 24.3 Å². The van der Waals surface area contributed by atoms with Gasteiger partial charge in [0.15, 0.2) is 0 Å². The van der Waals surface area contributed by atoms with E-state index in [-0.39, 0.29) is 0 Å². The smallest absolute Gasteiger partial charge is 0.0314 e. The third-order valence-electron chi connectivity index (χ3n) is 2.50. The molecule has 0 aromatic heterocycles. The third kappa shape index (κ3) is 3.71. The van der Waals surface area contributed by atoms with E-state index in [0.717, 1.165) is 22.9 Å². The Morgan fingerprint density at radius 3 is 1.35 bits per heavy atom. The highest BCUT2D eigenvalue weighted by Crippen LogP contribution is 2.19. The maximum atomic E-state index is 5.64. The minimum absolute atomic E-state index is 0.817. The number of hydrogen-bond donors (Lipinski definition) is 2. The van der Waals surface area contributed by atoms with Crippen LogP contribution in [0.1, 0.15) is 11.1 Å². The lowest BCUT2D eigenvalue weighted by molar-refractivity contribution is 1.37. The third-order valence-corrected chi connectivity index (χ3v) is 3.57. The van der Waals surface area contributed by atoms with Gasteiger partial charge in [-0.2, -0.15) is 11.8 Å². The lowest BCUT2D eigenvalue weighted by atomic mass is 10.2.